The minimum Gasteiger partial charge on any atom is -0.390 e. The number of aliphatic hydroxyl groups excluding tert-OH is 1. The smallest absolute Gasteiger partial charge is 0.390 e. The Labute approximate surface area is 106 Å². The van der Waals surface area contributed by atoms with E-state index in [0.29, 0.717) is 22.7 Å². The molecule has 18 heavy (non-hydrogen) atoms. The fourth-order valence-electron chi connectivity index (χ4n) is 1.53. The van der Waals surface area contributed by atoms with Gasteiger partial charge in [-0.15, -0.1) is 11.3 Å². The van der Waals surface area contributed by atoms with Crippen molar-refractivity contribution < 1.29 is 18.3 Å². The van der Waals surface area contributed by atoms with E-state index in [9.17, 15) is 13.2 Å². The normalized spacial score (nSPS) is 11.8. The SMILES string of the molecule is OCc1csc(Cc2cccc(C(F)(F)F)c2)n1. The Morgan fingerprint density at radius 1 is 1.28 bits per heavy atom. The van der Waals surface area contributed by atoms with Crippen LogP contribution in [0, 0.1) is 0 Å². The Kier molecular flexibility index (Phi) is 3.68. The molecule has 1 aromatic heterocycles. The average molecular weight is 273 g/mol. The third-order valence-electron chi connectivity index (χ3n) is 2.37. The third-order valence-corrected chi connectivity index (χ3v) is 3.27. The Morgan fingerprint density at radius 2 is 2.06 bits per heavy atom. The van der Waals surface area contributed by atoms with Crippen LogP contribution >= 0.6 is 11.3 Å². The van der Waals surface area contributed by atoms with E-state index in [1.165, 1.54) is 17.4 Å². The minimum absolute atomic E-state index is 0.154. The van der Waals surface area contributed by atoms with E-state index in [4.69, 9.17) is 5.11 Å². The van der Waals surface area contributed by atoms with Crippen molar-refractivity contribution in [3.05, 3.63) is 51.5 Å². The quantitative estimate of drug-likeness (QED) is 0.931. The van der Waals surface area contributed by atoms with E-state index in [2.05, 4.69) is 4.98 Å². The van der Waals surface area contributed by atoms with Gasteiger partial charge in [0.2, 0.25) is 0 Å². The van der Waals surface area contributed by atoms with Gasteiger partial charge < -0.3 is 5.11 Å². The van der Waals surface area contributed by atoms with Crippen LogP contribution in [0.1, 0.15) is 21.8 Å². The molecule has 1 aromatic carbocycles. The second-order valence-electron chi connectivity index (χ2n) is 3.77. The molecule has 0 fully saturated rings. The predicted molar refractivity (Wildman–Crippen MR) is 62.3 cm³/mol. The summed E-state index contributed by atoms with van der Waals surface area (Å²) >= 11 is 1.33. The van der Waals surface area contributed by atoms with Gasteiger partial charge >= 0.3 is 6.18 Å². The van der Waals surface area contributed by atoms with Crippen molar-refractivity contribution in [3.8, 4) is 0 Å². The second kappa shape index (κ2) is 5.07. The van der Waals surface area contributed by atoms with Gasteiger partial charge in [-0.2, -0.15) is 13.2 Å². The lowest BCUT2D eigenvalue weighted by Gasteiger charge is -2.07. The van der Waals surface area contributed by atoms with E-state index >= 15 is 0 Å². The fourth-order valence-corrected chi connectivity index (χ4v) is 2.35. The fraction of sp³-hybridized carbons (Fsp3) is 0.250. The molecule has 0 aliphatic rings. The molecule has 0 amide bonds. The van der Waals surface area contributed by atoms with Crippen LogP contribution in [0.25, 0.3) is 0 Å². The van der Waals surface area contributed by atoms with E-state index in [1.54, 1.807) is 11.4 Å². The van der Waals surface area contributed by atoms with Gasteiger partial charge in [0.25, 0.3) is 0 Å². The Balaban J connectivity index is 2.19. The standard InChI is InChI=1S/C12H10F3NOS/c13-12(14,15)9-3-1-2-8(4-9)5-11-16-10(6-17)7-18-11/h1-4,7,17H,5-6H2. The lowest BCUT2D eigenvalue weighted by atomic mass is 10.1. The first-order valence-electron chi connectivity index (χ1n) is 5.19. The van der Waals surface area contributed by atoms with Gasteiger partial charge in [-0.25, -0.2) is 4.98 Å². The number of halogens is 3. The highest BCUT2D eigenvalue weighted by Gasteiger charge is 2.30. The number of rotatable bonds is 3. The summed E-state index contributed by atoms with van der Waals surface area (Å²) in [6, 6.07) is 5.19. The molecule has 0 saturated carbocycles. The maximum atomic E-state index is 12.5. The Hall–Kier alpha value is -1.40. The van der Waals surface area contributed by atoms with Crippen molar-refractivity contribution in [2.24, 2.45) is 0 Å². The lowest BCUT2D eigenvalue weighted by molar-refractivity contribution is -0.137. The summed E-state index contributed by atoms with van der Waals surface area (Å²) in [6.45, 7) is -0.154. The molecule has 0 aliphatic carbocycles. The number of aromatic nitrogens is 1. The summed E-state index contributed by atoms with van der Waals surface area (Å²) in [5.41, 5.74) is 0.449. The predicted octanol–water partition coefficient (Wildman–Crippen LogP) is 3.25. The summed E-state index contributed by atoms with van der Waals surface area (Å²) in [4.78, 5) is 4.10. The van der Waals surface area contributed by atoms with Gasteiger partial charge in [-0.3, -0.25) is 0 Å². The Bertz CT molecular complexity index is 536. The van der Waals surface area contributed by atoms with Crippen LogP contribution < -0.4 is 0 Å². The van der Waals surface area contributed by atoms with Crippen LogP contribution in [0.15, 0.2) is 29.6 Å². The molecule has 1 N–H and O–H groups in total. The van der Waals surface area contributed by atoms with Gasteiger partial charge in [-0.05, 0) is 11.6 Å². The highest BCUT2D eigenvalue weighted by molar-refractivity contribution is 7.09. The van der Waals surface area contributed by atoms with Crippen molar-refractivity contribution in [2.45, 2.75) is 19.2 Å². The third kappa shape index (κ3) is 3.08. The first kappa shape index (κ1) is 13.0. The van der Waals surface area contributed by atoms with Crippen LogP contribution in [0.3, 0.4) is 0 Å². The molecule has 2 aromatic rings. The number of aliphatic hydroxyl groups is 1. The molecule has 0 unspecified atom stereocenters. The number of alkyl halides is 3. The van der Waals surface area contributed by atoms with Gasteiger partial charge in [0, 0.05) is 11.8 Å². The first-order valence-corrected chi connectivity index (χ1v) is 6.07. The molecule has 6 heteroatoms. The zero-order chi connectivity index (χ0) is 13.2. The highest BCUT2D eigenvalue weighted by atomic mass is 32.1. The highest BCUT2D eigenvalue weighted by Crippen LogP contribution is 2.30. The first-order chi connectivity index (χ1) is 8.49. The average Bonchev–Trinajstić information content (AvgIpc) is 2.76. The molecule has 0 saturated heterocycles. The van der Waals surface area contributed by atoms with Crippen LogP contribution in [0.5, 0.6) is 0 Å². The number of hydrogen-bond donors (Lipinski definition) is 1. The second-order valence-corrected chi connectivity index (χ2v) is 4.71. The zero-order valence-corrected chi connectivity index (χ0v) is 10.1. The molecule has 96 valence electrons. The number of hydrogen-bond acceptors (Lipinski definition) is 3. The van der Waals surface area contributed by atoms with Crippen molar-refractivity contribution in [1.29, 1.82) is 0 Å². The molecule has 1 heterocycles. The van der Waals surface area contributed by atoms with E-state index in [1.807, 2.05) is 0 Å². The largest absolute Gasteiger partial charge is 0.416 e. The van der Waals surface area contributed by atoms with Gasteiger partial charge in [0.1, 0.15) is 0 Å². The monoisotopic (exact) mass is 273 g/mol. The summed E-state index contributed by atoms with van der Waals surface area (Å²) in [5.74, 6) is 0. The molecule has 2 rings (SSSR count). The van der Waals surface area contributed by atoms with Crippen LogP contribution in [0.4, 0.5) is 13.2 Å². The van der Waals surface area contributed by atoms with Crippen molar-refractivity contribution >= 4 is 11.3 Å². The van der Waals surface area contributed by atoms with Crippen molar-refractivity contribution in [3.63, 3.8) is 0 Å². The minimum atomic E-state index is -4.32. The Morgan fingerprint density at radius 3 is 2.67 bits per heavy atom. The summed E-state index contributed by atoms with van der Waals surface area (Å²) < 4.78 is 37.6. The van der Waals surface area contributed by atoms with Gasteiger partial charge in [0.15, 0.2) is 0 Å². The summed E-state index contributed by atoms with van der Waals surface area (Å²) in [5, 5.41) is 11.3. The molecule has 0 aliphatic heterocycles. The van der Waals surface area contributed by atoms with Gasteiger partial charge in [-0.1, -0.05) is 18.2 Å². The summed E-state index contributed by atoms with van der Waals surface area (Å²) in [6.07, 6.45) is -3.98. The topological polar surface area (TPSA) is 33.1 Å². The van der Waals surface area contributed by atoms with Gasteiger partial charge in [0.05, 0.1) is 22.9 Å². The maximum absolute atomic E-state index is 12.5. The zero-order valence-electron chi connectivity index (χ0n) is 9.24. The molecule has 2 nitrogen and oxygen atoms in total. The van der Waals surface area contributed by atoms with E-state index in [0.717, 1.165) is 12.1 Å². The van der Waals surface area contributed by atoms with Crippen molar-refractivity contribution in [1.82, 2.24) is 4.98 Å². The summed E-state index contributed by atoms with van der Waals surface area (Å²) in [7, 11) is 0. The molecular weight excluding hydrogens is 263 g/mol. The molecule has 0 atom stereocenters. The van der Waals surface area contributed by atoms with Crippen LogP contribution in [-0.4, -0.2) is 10.1 Å². The molecule has 0 spiro atoms. The van der Waals surface area contributed by atoms with E-state index < -0.39 is 11.7 Å². The molecular formula is C12H10F3NOS. The van der Waals surface area contributed by atoms with Crippen LogP contribution in [-0.2, 0) is 19.2 Å². The number of benzene rings is 1. The maximum Gasteiger partial charge on any atom is 0.416 e. The number of nitrogens with zero attached hydrogens (tertiary/aromatic N) is 1. The van der Waals surface area contributed by atoms with E-state index in [-0.39, 0.29) is 6.61 Å². The van der Waals surface area contributed by atoms with Crippen molar-refractivity contribution in [2.75, 3.05) is 0 Å². The lowest BCUT2D eigenvalue weighted by Crippen LogP contribution is -2.05. The van der Waals surface area contributed by atoms with Crippen LogP contribution in [0.2, 0.25) is 0 Å². The molecule has 0 bridgehead atoms. The number of thiazole rings is 1. The molecule has 0 radical (unpaired) electrons.